The molecule has 21 heavy (non-hydrogen) atoms. The third-order valence-corrected chi connectivity index (χ3v) is 4.51. The van der Waals surface area contributed by atoms with Crippen molar-refractivity contribution in [3.05, 3.63) is 21.6 Å². The first-order valence-electron chi connectivity index (χ1n) is 5.60. The highest BCUT2D eigenvalue weighted by molar-refractivity contribution is 9.10. The topological polar surface area (TPSA) is 102 Å². The second-order valence-electron chi connectivity index (χ2n) is 3.76. The molecule has 7 nitrogen and oxygen atoms in total. The maximum atomic E-state index is 12.2. The largest absolute Gasteiger partial charge is 0.494 e. The highest BCUT2D eigenvalue weighted by Gasteiger charge is 2.22. The SMILES string of the molecule is COc1c(Br)cc(Cl)cc1S(=O)(=O)NCCOCC(=O)O. The summed E-state index contributed by atoms with van der Waals surface area (Å²) >= 11 is 9.00. The Labute approximate surface area is 135 Å². The summed E-state index contributed by atoms with van der Waals surface area (Å²) in [6.07, 6.45) is 0. The predicted molar refractivity (Wildman–Crippen MR) is 79.3 cm³/mol. The van der Waals surface area contributed by atoms with Crippen molar-refractivity contribution in [3.8, 4) is 5.75 Å². The molecule has 0 aliphatic carbocycles. The van der Waals surface area contributed by atoms with E-state index in [1.807, 2.05) is 0 Å². The van der Waals surface area contributed by atoms with Gasteiger partial charge < -0.3 is 14.6 Å². The number of aliphatic carboxylic acids is 1. The van der Waals surface area contributed by atoms with E-state index in [0.717, 1.165) is 0 Å². The summed E-state index contributed by atoms with van der Waals surface area (Å²) in [5, 5.41) is 8.61. The van der Waals surface area contributed by atoms with Gasteiger partial charge in [0.15, 0.2) is 5.75 Å². The van der Waals surface area contributed by atoms with Crippen LogP contribution in [-0.2, 0) is 19.6 Å². The molecule has 0 bridgehead atoms. The second-order valence-corrected chi connectivity index (χ2v) is 6.79. The monoisotopic (exact) mass is 401 g/mol. The molecule has 0 saturated carbocycles. The van der Waals surface area contributed by atoms with E-state index in [2.05, 4.69) is 20.7 Å². The molecule has 0 unspecified atom stereocenters. The summed E-state index contributed by atoms with van der Waals surface area (Å²) < 4.78 is 36.8. The van der Waals surface area contributed by atoms with E-state index in [4.69, 9.17) is 26.2 Å². The van der Waals surface area contributed by atoms with Gasteiger partial charge in [-0.3, -0.25) is 0 Å². The molecule has 1 aromatic carbocycles. The Morgan fingerprint density at radius 1 is 1.48 bits per heavy atom. The van der Waals surface area contributed by atoms with E-state index in [1.54, 1.807) is 0 Å². The normalized spacial score (nSPS) is 11.4. The van der Waals surface area contributed by atoms with Crippen molar-refractivity contribution in [2.24, 2.45) is 0 Å². The van der Waals surface area contributed by atoms with Crippen LogP contribution in [0.5, 0.6) is 5.75 Å². The minimum Gasteiger partial charge on any atom is -0.494 e. The van der Waals surface area contributed by atoms with Gasteiger partial charge in [-0.15, -0.1) is 0 Å². The Hall–Kier alpha value is -0.870. The Morgan fingerprint density at radius 3 is 2.71 bits per heavy atom. The molecule has 0 radical (unpaired) electrons. The Morgan fingerprint density at radius 2 is 2.14 bits per heavy atom. The summed E-state index contributed by atoms with van der Waals surface area (Å²) in [5.74, 6) is -1.00. The number of hydrogen-bond acceptors (Lipinski definition) is 5. The number of sulfonamides is 1. The van der Waals surface area contributed by atoms with Gasteiger partial charge >= 0.3 is 5.97 Å². The lowest BCUT2D eigenvalue weighted by atomic mass is 10.3. The number of nitrogens with one attached hydrogen (secondary N) is 1. The van der Waals surface area contributed by atoms with Crippen molar-refractivity contribution in [3.63, 3.8) is 0 Å². The zero-order valence-electron chi connectivity index (χ0n) is 10.9. The van der Waals surface area contributed by atoms with Gasteiger partial charge in [0.2, 0.25) is 10.0 Å². The molecule has 10 heteroatoms. The molecule has 0 atom stereocenters. The quantitative estimate of drug-likeness (QED) is 0.639. The first-order chi connectivity index (χ1) is 9.77. The van der Waals surface area contributed by atoms with Gasteiger partial charge in [0.1, 0.15) is 11.5 Å². The highest BCUT2D eigenvalue weighted by atomic mass is 79.9. The lowest BCUT2D eigenvalue weighted by molar-refractivity contribution is -0.142. The van der Waals surface area contributed by atoms with Gasteiger partial charge in [0.05, 0.1) is 18.2 Å². The molecule has 0 saturated heterocycles. The number of benzene rings is 1. The first-order valence-corrected chi connectivity index (χ1v) is 8.25. The Balaban J connectivity index is 2.81. The summed E-state index contributed by atoms with van der Waals surface area (Å²) in [4.78, 5) is 10.1. The van der Waals surface area contributed by atoms with Crippen LogP contribution in [0.2, 0.25) is 5.02 Å². The summed E-state index contributed by atoms with van der Waals surface area (Å²) in [6, 6.07) is 2.76. The van der Waals surface area contributed by atoms with Crippen LogP contribution in [-0.4, -0.2) is 46.4 Å². The maximum Gasteiger partial charge on any atom is 0.329 e. The fraction of sp³-hybridized carbons (Fsp3) is 0.364. The van der Waals surface area contributed by atoms with Gasteiger partial charge in [0.25, 0.3) is 0 Å². The number of halogens is 2. The number of hydrogen-bond donors (Lipinski definition) is 2. The molecule has 0 aliphatic rings. The minimum atomic E-state index is -3.87. The van der Waals surface area contributed by atoms with Crippen LogP contribution in [0.1, 0.15) is 0 Å². The van der Waals surface area contributed by atoms with Crippen LogP contribution < -0.4 is 9.46 Å². The van der Waals surface area contributed by atoms with Crippen LogP contribution in [0, 0.1) is 0 Å². The molecule has 1 rings (SSSR count). The van der Waals surface area contributed by atoms with E-state index in [-0.39, 0.29) is 28.8 Å². The van der Waals surface area contributed by atoms with Crippen molar-refractivity contribution in [1.29, 1.82) is 0 Å². The first kappa shape index (κ1) is 18.2. The molecule has 0 amide bonds. The number of ether oxygens (including phenoxy) is 2. The lowest BCUT2D eigenvalue weighted by Gasteiger charge is -2.12. The van der Waals surface area contributed by atoms with Crippen LogP contribution in [0.25, 0.3) is 0 Å². The predicted octanol–water partition coefficient (Wildman–Crippen LogP) is 1.49. The van der Waals surface area contributed by atoms with Crippen LogP contribution >= 0.6 is 27.5 Å². The van der Waals surface area contributed by atoms with Crippen molar-refractivity contribution >= 4 is 43.5 Å². The molecule has 2 N–H and O–H groups in total. The Kier molecular flexibility index (Phi) is 6.88. The third-order valence-electron chi connectivity index (χ3n) is 2.23. The average molecular weight is 403 g/mol. The molecule has 0 spiro atoms. The number of carboxylic acids is 1. The van der Waals surface area contributed by atoms with Crippen molar-refractivity contribution in [2.45, 2.75) is 4.90 Å². The van der Waals surface area contributed by atoms with Gasteiger partial charge in [-0.2, -0.15) is 0 Å². The maximum absolute atomic E-state index is 12.2. The number of carbonyl (C=O) groups is 1. The molecule has 1 aromatic rings. The zero-order chi connectivity index (χ0) is 16.0. The standard InChI is InChI=1S/C11H13BrClNO6S/c1-19-11-8(12)4-7(13)5-9(11)21(17,18)14-2-3-20-6-10(15)16/h4-5,14H,2-3,6H2,1H3,(H,15,16). The van der Waals surface area contributed by atoms with E-state index in [9.17, 15) is 13.2 Å². The number of carboxylic acid groups (broad SMARTS) is 1. The zero-order valence-corrected chi connectivity index (χ0v) is 14.1. The molecular formula is C11H13BrClNO6S. The number of methoxy groups -OCH3 is 1. The molecule has 0 aliphatic heterocycles. The van der Waals surface area contributed by atoms with Crippen molar-refractivity contribution < 1.29 is 27.8 Å². The average Bonchev–Trinajstić information content (AvgIpc) is 2.37. The van der Waals surface area contributed by atoms with E-state index < -0.39 is 22.6 Å². The second kappa shape index (κ2) is 7.95. The summed E-state index contributed by atoms with van der Waals surface area (Å²) in [6.45, 7) is -0.647. The molecule has 118 valence electrons. The van der Waals surface area contributed by atoms with Crippen molar-refractivity contribution in [1.82, 2.24) is 4.72 Å². The summed E-state index contributed by atoms with van der Waals surface area (Å²) in [7, 11) is -2.53. The molecule has 0 heterocycles. The molecule has 0 fully saturated rings. The van der Waals surface area contributed by atoms with Gasteiger partial charge in [-0.25, -0.2) is 17.9 Å². The minimum absolute atomic E-state index is 0.0738. The molecular weight excluding hydrogens is 390 g/mol. The van der Waals surface area contributed by atoms with Crippen LogP contribution in [0.4, 0.5) is 0 Å². The smallest absolute Gasteiger partial charge is 0.329 e. The van der Waals surface area contributed by atoms with Crippen LogP contribution in [0.15, 0.2) is 21.5 Å². The Bertz CT molecular complexity index is 621. The molecule has 0 aromatic heterocycles. The highest BCUT2D eigenvalue weighted by Crippen LogP contribution is 2.35. The van der Waals surface area contributed by atoms with E-state index >= 15 is 0 Å². The van der Waals surface area contributed by atoms with Crippen LogP contribution in [0.3, 0.4) is 0 Å². The fourth-order valence-corrected chi connectivity index (χ4v) is 3.81. The van der Waals surface area contributed by atoms with E-state index in [1.165, 1.54) is 19.2 Å². The van der Waals surface area contributed by atoms with E-state index in [0.29, 0.717) is 4.47 Å². The van der Waals surface area contributed by atoms with Gasteiger partial charge in [-0.05, 0) is 28.1 Å². The fourth-order valence-electron chi connectivity index (χ4n) is 1.42. The van der Waals surface area contributed by atoms with Gasteiger partial charge in [-0.1, -0.05) is 11.6 Å². The number of rotatable bonds is 8. The third kappa shape index (κ3) is 5.44. The lowest BCUT2D eigenvalue weighted by Crippen LogP contribution is -2.28. The van der Waals surface area contributed by atoms with Gasteiger partial charge in [0, 0.05) is 11.6 Å². The summed E-state index contributed by atoms with van der Waals surface area (Å²) in [5.41, 5.74) is 0. The van der Waals surface area contributed by atoms with Crippen molar-refractivity contribution in [2.75, 3.05) is 26.9 Å².